The molecule has 162 valence electrons. The number of amides is 1. The van der Waals surface area contributed by atoms with Crippen LogP contribution in [-0.2, 0) is 16.6 Å². The first-order valence-electron chi connectivity index (χ1n) is 8.11. The molecule has 1 amide bonds. The molecule has 0 fully saturated rings. The second kappa shape index (κ2) is 6.82. The lowest BCUT2D eigenvalue weighted by Crippen LogP contribution is -2.64. The maximum atomic E-state index is 16.3. The highest BCUT2D eigenvalue weighted by molar-refractivity contribution is 6.30. The van der Waals surface area contributed by atoms with E-state index in [4.69, 9.17) is 16.3 Å². The van der Waals surface area contributed by atoms with E-state index in [0.717, 1.165) is 19.2 Å². The largest absolute Gasteiger partial charge is 0.575 e. The Balaban J connectivity index is 2.46. The standard InChI is InChI=1S/C18H12ClF7NO3/c1-30-14-5-3-10(19)7-12(14)16(20)11-4-2-9(17(21,22)23)6-13(11)27(8-28,15(16)29)18(24,25)26/h2-7,28H,8H2,1H3/q+1/t16?,27-/m0/s1. The Morgan fingerprint density at radius 3 is 2.20 bits per heavy atom. The monoisotopic (exact) mass is 458 g/mol. The molecule has 12 heteroatoms. The molecule has 0 aromatic heterocycles. The molecule has 1 unspecified atom stereocenters. The molecule has 4 nitrogen and oxygen atoms in total. The molecule has 1 N–H and O–H groups in total. The number of aliphatic hydroxyl groups excluding tert-OH is 1. The molecule has 0 bridgehead atoms. The van der Waals surface area contributed by atoms with Gasteiger partial charge in [-0.1, -0.05) is 11.6 Å². The number of ether oxygens (including phenoxy) is 1. The minimum absolute atomic E-state index is 0.00922. The molecular weight excluding hydrogens is 447 g/mol. The van der Waals surface area contributed by atoms with Gasteiger partial charge in [-0.2, -0.15) is 13.2 Å². The molecule has 2 atom stereocenters. The van der Waals surface area contributed by atoms with Crippen LogP contribution in [0.4, 0.5) is 36.4 Å². The van der Waals surface area contributed by atoms with Gasteiger partial charge < -0.3 is 9.84 Å². The van der Waals surface area contributed by atoms with Gasteiger partial charge in [-0.05, 0) is 30.3 Å². The summed E-state index contributed by atoms with van der Waals surface area (Å²) in [6.07, 6.45) is -10.7. The highest BCUT2D eigenvalue weighted by Crippen LogP contribution is 2.57. The number of methoxy groups -OCH3 is 1. The summed E-state index contributed by atoms with van der Waals surface area (Å²) in [7, 11) is 1.06. The zero-order valence-corrected chi connectivity index (χ0v) is 15.7. The Morgan fingerprint density at radius 2 is 1.70 bits per heavy atom. The van der Waals surface area contributed by atoms with E-state index in [1.54, 1.807) is 0 Å². The Morgan fingerprint density at radius 1 is 1.07 bits per heavy atom. The van der Waals surface area contributed by atoms with Gasteiger partial charge in [0, 0.05) is 11.1 Å². The minimum atomic E-state index is -5.66. The van der Waals surface area contributed by atoms with Crippen LogP contribution >= 0.6 is 11.6 Å². The Labute approximate surface area is 169 Å². The maximum absolute atomic E-state index is 16.3. The summed E-state index contributed by atoms with van der Waals surface area (Å²) in [5.74, 6) is -2.60. The Hall–Kier alpha value is -2.37. The zero-order chi connectivity index (χ0) is 22.7. The van der Waals surface area contributed by atoms with Crippen molar-refractivity contribution in [3.8, 4) is 5.75 Å². The van der Waals surface area contributed by atoms with Gasteiger partial charge in [-0.25, -0.2) is 9.18 Å². The first kappa shape index (κ1) is 22.3. The lowest BCUT2D eigenvalue weighted by molar-refractivity contribution is -0.249. The van der Waals surface area contributed by atoms with E-state index < -0.39 is 57.6 Å². The fourth-order valence-electron chi connectivity index (χ4n) is 3.48. The number of aliphatic hydroxyl groups is 1. The molecule has 1 aliphatic heterocycles. The number of carbonyl (C=O) groups is 1. The van der Waals surface area contributed by atoms with Crippen molar-refractivity contribution < 1.29 is 45.4 Å². The lowest BCUT2D eigenvalue weighted by atomic mass is 9.88. The lowest BCUT2D eigenvalue weighted by Gasteiger charge is -2.31. The summed E-state index contributed by atoms with van der Waals surface area (Å²) in [6.45, 7) is -2.05. The average molecular weight is 459 g/mol. The van der Waals surface area contributed by atoms with Gasteiger partial charge in [-0.15, -0.1) is 17.7 Å². The molecule has 2 aromatic rings. The molecule has 0 radical (unpaired) electrons. The van der Waals surface area contributed by atoms with Gasteiger partial charge in [-0.3, -0.25) is 0 Å². The van der Waals surface area contributed by atoms with Crippen molar-refractivity contribution in [1.82, 2.24) is 4.48 Å². The van der Waals surface area contributed by atoms with Gasteiger partial charge in [0.1, 0.15) is 5.75 Å². The van der Waals surface area contributed by atoms with Crippen LogP contribution in [0.2, 0.25) is 5.02 Å². The first-order chi connectivity index (χ1) is 13.7. The van der Waals surface area contributed by atoms with Crippen molar-refractivity contribution in [2.75, 3.05) is 13.8 Å². The van der Waals surface area contributed by atoms with E-state index in [1.807, 2.05) is 0 Å². The molecule has 0 saturated carbocycles. The van der Waals surface area contributed by atoms with Crippen LogP contribution in [-0.4, -0.2) is 31.2 Å². The second-order valence-electron chi connectivity index (χ2n) is 6.46. The zero-order valence-electron chi connectivity index (χ0n) is 14.9. The van der Waals surface area contributed by atoms with Crippen LogP contribution in [0, 0.1) is 0 Å². The molecule has 0 spiro atoms. The highest BCUT2D eigenvalue weighted by atomic mass is 35.5. The fourth-order valence-corrected chi connectivity index (χ4v) is 3.66. The average Bonchev–Trinajstić information content (AvgIpc) is 2.86. The predicted molar refractivity (Wildman–Crippen MR) is 91.3 cm³/mol. The third kappa shape index (κ3) is 2.87. The third-order valence-corrected chi connectivity index (χ3v) is 5.16. The Bertz CT molecular complexity index is 1020. The maximum Gasteiger partial charge on any atom is 0.575 e. The molecule has 1 aliphatic rings. The third-order valence-electron chi connectivity index (χ3n) is 4.93. The van der Waals surface area contributed by atoms with Crippen LogP contribution in [0.15, 0.2) is 36.4 Å². The number of fused-ring (bicyclic) bond motifs is 1. The summed E-state index contributed by atoms with van der Waals surface area (Å²) in [4.78, 5) is 13.0. The summed E-state index contributed by atoms with van der Waals surface area (Å²) in [5, 5.41) is 9.39. The van der Waals surface area contributed by atoms with E-state index in [9.17, 15) is 36.2 Å². The minimum Gasteiger partial charge on any atom is -0.496 e. The van der Waals surface area contributed by atoms with Crippen LogP contribution in [0.3, 0.4) is 0 Å². The summed E-state index contributed by atoms with van der Waals surface area (Å²) < 4.78 is 99.5. The van der Waals surface area contributed by atoms with Gasteiger partial charge in [0.25, 0.3) is 5.67 Å². The number of halogens is 8. The van der Waals surface area contributed by atoms with Crippen LogP contribution in [0.5, 0.6) is 5.75 Å². The highest BCUT2D eigenvalue weighted by Gasteiger charge is 2.75. The molecular formula is C18H12ClF7NO3+. The quantitative estimate of drug-likeness (QED) is 0.404. The number of hydrogen-bond donors (Lipinski definition) is 1. The van der Waals surface area contributed by atoms with Crippen molar-refractivity contribution >= 4 is 23.2 Å². The van der Waals surface area contributed by atoms with Gasteiger partial charge in [0.2, 0.25) is 0 Å². The number of rotatable bonds is 3. The van der Waals surface area contributed by atoms with E-state index in [-0.39, 0.29) is 16.8 Å². The van der Waals surface area contributed by atoms with E-state index in [0.29, 0.717) is 12.1 Å². The fraction of sp³-hybridized carbons (Fsp3) is 0.278. The number of carbonyl (C=O) groups excluding carboxylic acids is 1. The normalized spacial score (nSPS) is 24.1. The van der Waals surface area contributed by atoms with E-state index in [1.165, 1.54) is 6.07 Å². The second-order valence-corrected chi connectivity index (χ2v) is 6.89. The number of quaternary nitrogens is 1. The number of nitrogens with zero attached hydrogens (tertiary/aromatic N) is 1. The molecule has 2 aromatic carbocycles. The molecule has 0 saturated heterocycles. The first-order valence-corrected chi connectivity index (χ1v) is 8.49. The van der Waals surface area contributed by atoms with Gasteiger partial charge in [0.05, 0.1) is 23.8 Å². The van der Waals surface area contributed by atoms with Crippen LogP contribution in [0.25, 0.3) is 0 Å². The van der Waals surface area contributed by atoms with Gasteiger partial charge in [0.15, 0.2) is 12.4 Å². The van der Waals surface area contributed by atoms with Crippen LogP contribution < -0.4 is 9.22 Å². The van der Waals surface area contributed by atoms with E-state index in [2.05, 4.69) is 0 Å². The van der Waals surface area contributed by atoms with Crippen LogP contribution in [0.1, 0.15) is 16.7 Å². The van der Waals surface area contributed by atoms with Crippen molar-refractivity contribution in [3.05, 3.63) is 58.1 Å². The number of hydrogen-bond acceptors (Lipinski definition) is 3. The van der Waals surface area contributed by atoms with Crippen molar-refractivity contribution in [3.63, 3.8) is 0 Å². The predicted octanol–water partition coefficient (Wildman–Crippen LogP) is 4.90. The molecule has 3 rings (SSSR count). The SMILES string of the molecule is COc1ccc(Cl)cc1C1(F)C(=O)[N@@+](CO)(C(F)(F)F)c2cc(C(F)(F)F)ccc21. The summed E-state index contributed by atoms with van der Waals surface area (Å²) in [5.41, 5.74) is -8.27. The van der Waals surface area contributed by atoms with Crippen molar-refractivity contribution in [2.24, 2.45) is 0 Å². The molecule has 30 heavy (non-hydrogen) atoms. The van der Waals surface area contributed by atoms with Crippen molar-refractivity contribution in [2.45, 2.75) is 18.1 Å². The molecule has 0 aliphatic carbocycles. The van der Waals surface area contributed by atoms with Gasteiger partial charge >= 0.3 is 18.4 Å². The van der Waals surface area contributed by atoms with Crippen molar-refractivity contribution in [1.29, 1.82) is 0 Å². The molecule has 1 heterocycles. The number of alkyl halides is 7. The summed E-state index contributed by atoms with van der Waals surface area (Å²) >= 11 is 5.81. The summed E-state index contributed by atoms with van der Waals surface area (Å²) in [6, 6.07) is 3.96. The topological polar surface area (TPSA) is 46.5 Å². The van der Waals surface area contributed by atoms with E-state index >= 15 is 4.39 Å². The Kier molecular flexibility index (Phi) is 5.08. The smallest absolute Gasteiger partial charge is 0.496 e. The number of benzene rings is 2.